The maximum atomic E-state index is 12.2. The van der Waals surface area contributed by atoms with Gasteiger partial charge in [0.2, 0.25) is 5.91 Å². The molecule has 0 bridgehead atoms. The third-order valence-electron chi connectivity index (χ3n) is 3.60. The van der Waals surface area contributed by atoms with Crippen molar-refractivity contribution < 1.29 is 9.90 Å². The smallest absolute Gasteiger partial charge is 0.246 e. The number of carbonyl (C=O) groups excluding carboxylic acids is 1. The second kappa shape index (κ2) is 8.32. The highest BCUT2D eigenvalue weighted by Gasteiger charge is 2.16. The Balaban J connectivity index is 1.89. The predicted octanol–water partition coefficient (Wildman–Crippen LogP) is 1.99. The molecule has 5 heteroatoms. The molecule has 1 N–H and O–H groups in total. The van der Waals surface area contributed by atoms with E-state index < -0.39 is 0 Å². The van der Waals surface area contributed by atoms with Gasteiger partial charge in [-0.25, -0.2) is 0 Å². The zero-order chi connectivity index (χ0) is 15.1. The van der Waals surface area contributed by atoms with Crippen LogP contribution in [0.15, 0.2) is 34.8 Å². The molecule has 0 radical (unpaired) electrons. The summed E-state index contributed by atoms with van der Waals surface area (Å²) in [5.74, 6) is 0.0590. The lowest BCUT2D eigenvalue weighted by Gasteiger charge is -2.20. The van der Waals surface area contributed by atoms with E-state index in [0.29, 0.717) is 6.54 Å². The highest BCUT2D eigenvalue weighted by atomic mass is 79.9. The Bertz CT molecular complexity index is 488. The van der Waals surface area contributed by atoms with Crippen LogP contribution in [0.25, 0.3) is 6.08 Å². The summed E-state index contributed by atoms with van der Waals surface area (Å²) in [7, 11) is 0. The van der Waals surface area contributed by atoms with Crippen LogP contribution in [0.5, 0.6) is 0 Å². The first-order valence-corrected chi connectivity index (χ1v) is 8.04. The van der Waals surface area contributed by atoms with Crippen LogP contribution in [-0.2, 0) is 4.79 Å². The minimum Gasteiger partial charge on any atom is -0.395 e. The Kier molecular flexibility index (Phi) is 6.42. The van der Waals surface area contributed by atoms with Crippen molar-refractivity contribution in [2.45, 2.75) is 6.42 Å². The van der Waals surface area contributed by atoms with Crippen molar-refractivity contribution in [3.8, 4) is 0 Å². The number of β-amino-alcohol motifs (C(OH)–C–C–N with tert-alkyl or cyclic N) is 1. The van der Waals surface area contributed by atoms with Crippen LogP contribution in [0, 0.1) is 0 Å². The molecule has 0 unspecified atom stereocenters. The summed E-state index contributed by atoms with van der Waals surface area (Å²) in [4.78, 5) is 16.3. The van der Waals surface area contributed by atoms with Crippen molar-refractivity contribution in [2.75, 3.05) is 39.3 Å². The maximum Gasteiger partial charge on any atom is 0.246 e. The second-order valence-electron chi connectivity index (χ2n) is 5.13. The molecule has 1 heterocycles. The molecule has 1 fully saturated rings. The summed E-state index contributed by atoms with van der Waals surface area (Å²) in [5, 5.41) is 8.98. The minimum atomic E-state index is 0.0590. The number of rotatable bonds is 4. The van der Waals surface area contributed by atoms with Crippen molar-refractivity contribution in [1.29, 1.82) is 0 Å². The minimum absolute atomic E-state index is 0.0590. The van der Waals surface area contributed by atoms with E-state index in [1.165, 1.54) is 0 Å². The molecule has 1 aliphatic heterocycles. The monoisotopic (exact) mass is 352 g/mol. The van der Waals surface area contributed by atoms with Gasteiger partial charge in [0.25, 0.3) is 0 Å². The third kappa shape index (κ3) is 5.26. The molecule has 1 aliphatic rings. The Morgan fingerprint density at radius 2 is 1.95 bits per heavy atom. The topological polar surface area (TPSA) is 43.8 Å². The first kappa shape index (κ1) is 16.2. The molecule has 21 heavy (non-hydrogen) atoms. The van der Waals surface area contributed by atoms with Gasteiger partial charge in [0.05, 0.1) is 6.61 Å². The van der Waals surface area contributed by atoms with Gasteiger partial charge in [0, 0.05) is 36.7 Å². The Hall–Kier alpha value is -1.17. The summed E-state index contributed by atoms with van der Waals surface area (Å²) in [6.45, 7) is 4.16. The van der Waals surface area contributed by atoms with Crippen molar-refractivity contribution in [3.63, 3.8) is 0 Å². The molecule has 2 rings (SSSR count). The van der Waals surface area contributed by atoms with Crippen LogP contribution in [0.4, 0.5) is 0 Å². The van der Waals surface area contributed by atoms with Gasteiger partial charge in [-0.1, -0.05) is 28.1 Å². The van der Waals surface area contributed by atoms with Crippen LogP contribution < -0.4 is 0 Å². The van der Waals surface area contributed by atoms with E-state index in [2.05, 4.69) is 20.8 Å². The van der Waals surface area contributed by atoms with Crippen LogP contribution in [0.3, 0.4) is 0 Å². The maximum absolute atomic E-state index is 12.2. The number of amides is 1. The van der Waals surface area contributed by atoms with Crippen LogP contribution >= 0.6 is 15.9 Å². The van der Waals surface area contributed by atoms with Crippen LogP contribution in [-0.4, -0.2) is 60.1 Å². The Labute approximate surface area is 134 Å². The van der Waals surface area contributed by atoms with Crippen molar-refractivity contribution in [3.05, 3.63) is 40.4 Å². The van der Waals surface area contributed by atoms with Gasteiger partial charge < -0.3 is 10.0 Å². The first-order valence-electron chi connectivity index (χ1n) is 7.25. The fourth-order valence-electron chi connectivity index (χ4n) is 2.40. The zero-order valence-electron chi connectivity index (χ0n) is 12.0. The summed E-state index contributed by atoms with van der Waals surface area (Å²) >= 11 is 3.39. The van der Waals surface area contributed by atoms with E-state index in [1.807, 2.05) is 35.2 Å². The van der Waals surface area contributed by atoms with E-state index in [4.69, 9.17) is 5.11 Å². The molecule has 0 spiro atoms. The number of hydrogen-bond acceptors (Lipinski definition) is 3. The average molecular weight is 353 g/mol. The van der Waals surface area contributed by atoms with E-state index in [9.17, 15) is 4.79 Å². The summed E-state index contributed by atoms with van der Waals surface area (Å²) in [5.41, 5.74) is 1.02. The zero-order valence-corrected chi connectivity index (χ0v) is 13.6. The molecule has 1 aromatic rings. The van der Waals surface area contributed by atoms with Gasteiger partial charge in [0.1, 0.15) is 0 Å². The largest absolute Gasteiger partial charge is 0.395 e. The SMILES string of the molecule is O=C(C=Cc1ccc(Br)cc1)N1CCCN(CCO)CC1. The van der Waals surface area contributed by atoms with Crippen molar-refractivity contribution in [1.82, 2.24) is 9.80 Å². The van der Waals surface area contributed by atoms with E-state index in [0.717, 1.165) is 42.6 Å². The number of aliphatic hydroxyl groups excluding tert-OH is 1. The lowest BCUT2D eigenvalue weighted by Crippen LogP contribution is -2.35. The standard InChI is InChI=1S/C16H21BrN2O2/c17-15-5-2-14(3-6-15)4-7-16(21)19-9-1-8-18(10-11-19)12-13-20/h2-7,20H,1,8-13H2. The lowest BCUT2D eigenvalue weighted by atomic mass is 10.2. The number of hydrogen-bond donors (Lipinski definition) is 1. The summed E-state index contributed by atoms with van der Waals surface area (Å²) in [6.07, 6.45) is 4.45. The fourth-order valence-corrected chi connectivity index (χ4v) is 2.67. The third-order valence-corrected chi connectivity index (χ3v) is 4.13. The molecule has 1 amide bonds. The second-order valence-corrected chi connectivity index (χ2v) is 6.04. The molecule has 0 atom stereocenters. The van der Waals surface area contributed by atoms with Crippen LogP contribution in [0.1, 0.15) is 12.0 Å². The molecule has 0 saturated carbocycles. The van der Waals surface area contributed by atoms with Crippen molar-refractivity contribution in [2.24, 2.45) is 0 Å². The highest BCUT2D eigenvalue weighted by molar-refractivity contribution is 9.10. The molecular weight excluding hydrogens is 332 g/mol. The summed E-state index contributed by atoms with van der Waals surface area (Å²) < 4.78 is 1.03. The molecule has 1 aromatic carbocycles. The first-order chi connectivity index (χ1) is 10.2. The van der Waals surface area contributed by atoms with Gasteiger partial charge in [-0.2, -0.15) is 0 Å². The van der Waals surface area contributed by atoms with Gasteiger partial charge >= 0.3 is 0 Å². The number of nitrogens with zero attached hydrogens (tertiary/aromatic N) is 2. The highest BCUT2D eigenvalue weighted by Crippen LogP contribution is 2.12. The average Bonchev–Trinajstić information content (AvgIpc) is 2.72. The quantitative estimate of drug-likeness (QED) is 0.842. The van der Waals surface area contributed by atoms with E-state index in [-0.39, 0.29) is 12.5 Å². The number of carbonyl (C=O) groups is 1. The number of aliphatic hydroxyl groups is 1. The van der Waals surface area contributed by atoms with Gasteiger partial charge in [0.15, 0.2) is 0 Å². The normalized spacial score (nSPS) is 17.1. The number of halogens is 1. The lowest BCUT2D eigenvalue weighted by molar-refractivity contribution is -0.125. The molecule has 114 valence electrons. The summed E-state index contributed by atoms with van der Waals surface area (Å²) in [6, 6.07) is 7.87. The van der Waals surface area contributed by atoms with E-state index >= 15 is 0 Å². The van der Waals surface area contributed by atoms with Gasteiger partial charge in [-0.05, 0) is 36.7 Å². The molecule has 0 aromatic heterocycles. The Morgan fingerprint density at radius 3 is 2.67 bits per heavy atom. The van der Waals surface area contributed by atoms with E-state index in [1.54, 1.807) is 6.08 Å². The molecule has 4 nitrogen and oxygen atoms in total. The molecular formula is C16H21BrN2O2. The Morgan fingerprint density at radius 1 is 1.19 bits per heavy atom. The van der Waals surface area contributed by atoms with Crippen molar-refractivity contribution >= 4 is 27.9 Å². The molecule has 1 saturated heterocycles. The number of benzene rings is 1. The predicted molar refractivity (Wildman–Crippen MR) is 87.9 cm³/mol. The van der Waals surface area contributed by atoms with Gasteiger partial charge in [-0.3, -0.25) is 9.69 Å². The fraction of sp³-hybridized carbons (Fsp3) is 0.438. The van der Waals surface area contributed by atoms with Crippen LogP contribution in [0.2, 0.25) is 0 Å². The van der Waals surface area contributed by atoms with Gasteiger partial charge in [-0.15, -0.1) is 0 Å². The molecule has 0 aliphatic carbocycles.